The van der Waals surface area contributed by atoms with Crippen LogP contribution in [-0.4, -0.2) is 38.7 Å². The summed E-state index contributed by atoms with van der Waals surface area (Å²) >= 11 is 0. The van der Waals surface area contributed by atoms with Gasteiger partial charge < -0.3 is 20.5 Å². The summed E-state index contributed by atoms with van der Waals surface area (Å²) in [5.41, 5.74) is 2.27. The minimum atomic E-state index is -0.989. The van der Waals surface area contributed by atoms with Crippen LogP contribution >= 0.6 is 0 Å². The third kappa shape index (κ3) is 3.34. The molecule has 1 aromatic heterocycles. The van der Waals surface area contributed by atoms with Gasteiger partial charge >= 0.3 is 0 Å². The number of amides is 1. The normalized spacial score (nSPS) is 14.2. The Morgan fingerprint density at radius 1 is 1.45 bits per heavy atom. The first-order valence-electron chi connectivity index (χ1n) is 6.54. The number of aromatic amines is 1. The average Bonchev–Trinajstić information content (AvgIpc) is 2.76. The molecule has 0 saturated heterocycles. The number of aromatic nitrogens is 2. The lowest BCUT2D eigenvalue weighted by molar-refractivity contribution is -0.119. The number of fused-ring (bicyclic) bond motifs is 1. The average molecular weight is 277 g/mol. The molecule has 0 spiro atoms. The quantitative estimate of drug-likeness (QED) is 0.649. The van der Waals surface area contributed by atoms with Crippen LogP contribution in [0.15, 0.2) is 18.2 Å². The number of aliphatic hydroxyl groups is 2. The summed E-state index contributed by atoms with van der Waals surface area (Å²) in [6.45, 7) is 3.61. The van der Waals surface area contributed by atoms with Crippen molar-refractivity contribution >= 4 is 16.9 Å². The van der Waals surface area contributed by atoms with Crippen molar-refractivity contribution in [3.8, 4) is 0 Å². The molecule has 0 saturated carbocycles. The van der Waals surface area contributed by atoms with E-state index in [0.29, 0.717) is 18.5 Å². The third-order valence-electron chi connectivity index (χ3n) is 3.14. The van der Waals surface area contributed by atoms with Gasteiger partial charge in [-0.1, -0.05) is 6.07 Å². The number of aryl methyl sites for hydroxylation is 1. The molecule has 0 aliphatic heterocycles. The highest BCUT2D eigenvalue weighted by molar-refractivity contribution is 5.76. The van der Waals surface area contributed by atoms with Gasteiger partial charge in [0.25, 0.3) is 0 Å². The first-order chi connectivity index (χ1) is 9.47. The van der Waals surface area contributed by atoms with Gasteiger partial charge in [-0.05, 0) is 31.0 Å². The van der Waals surface area contributed by atoms with Crippen LogP contribution in [0.2, 0.25) is 0 Å². The molecule has 1 aromatic carbocycles. The van der Waals surface area contributed by atoms with Gasteiger partial charge in [0.05, 0.1) is 17.1 Å². The van der Waals surface area contributed by atoms with E-state index in [9.17, 15) is 15.0 Å². The van der Waals surface area contributed by atoms with Crippen molar-refractivity contribution in [1.82, 2.24) is 15.3 Å². The third-order valence-corrected chi connectivity index (χ3v) is 3.14. The number of aliphatic hydroxyl groups excluding tert-OH is 2. The Morgan fingerprint density at radius 2 is 2.20 bits per heavy atom. The van der Waals surface area contributed by atoms with E-state index in [4.69, 9.17) is 0 Å². The van der Waals surface area contributed by atoms with Crippen molar-refractivity contribution in [2.24, 2.45) is 0 Å². The van der Waals surface area contributed by atoms with E-state index in [1.165, 1.54) is 6.92 Å². The van der Waals surface area contributed by atoms with Gasteiger partial charge in [-0.15, -0.1) is 0 Å². The second-order valence-electron chi connectivity index (χ2n) is 4.88. The predicted molar refractivity (Wildman–Crippen MR) is 75.1 cm³/mol. The minimum Gasteiger partial charge on any atom is -0.390 e. The molecule has 6 nitrogen and oxygen atoms in total. The molecule has 2 rings (SSSR count). The number of nitrogens with zero attached hydrogens (tertiary/aromatic N) is 1. The topological polar surface area (TPSA) is 98.2 Å². The molecule has 1 heterocycles. The van der Waals surface area contributed by atoms with Crippen molar-refractivity contribution in [2.45, 2.75) is 32.5 Å². The summed E-state index contributed by atoms with van der Waals surface area (Å²) in [5, 5.41) is 22.6. The molecule has 0 aliphatic rings. The fourth-order valence-corrected chi connectivity index (χ4v) is 2.11. The molecule has 108 valence electrons. The van der Waals surface area contributed by atoms with Crippen LogP contribution in [0.3, 0.4) is 0 Å². The number of H-pyrrole nitrogens is 1. The van der Waals surface area contributed by atoms with E-state index in [1.54, 1.807) is 18.2 Å². The monoisotopic (exact) mass is 277 g/mol. The summed E-state index contributed by atoms with van der Waals surface area (Å²) in [5.74, 6) is 0.652. The van der Waals surface area contributed by atoms with Crippen LogP contribution in [0, 0.1) is 6.92 Å². The number of hydrogen-bond acceptors (Lipinski definition) is 4. The summed E-state index contributed by atoms with van der Waals surface area (Å²) in [6.07, 6.45) is -1.62. The predicted octanol–water partition coefficient (Wildman–Crippen LogP) is 0.792. The second kappa shape index (κ2) is 6.02. The summed E-state index contributed by atoms with van der Waals surface area (Å²) in [6, 6.07) is 5.33. The highest BCUT2D eigenvalue weighted by Gasteiger charge is 2.18. The summed E-state index contributed by atoms with van der Waals surface area (Å²) in [4.78, 5) is 18.1. The Labute approximate surface area is 116 Å². The first-order valence-corrected chi connectivity index (χ1v) is 6.54. The number of carbonyl (C=O) groups excluding carboxylic acids is 1. The standard InChI is InChI=1S/C14H19N3O3/c1-8-16-11-4-3-10(7-12(11)17-8)14(20)13(19)5-6-15-9(2)18/h3-4,7,13-14,19-20H,5-6H2,1-2H3,(H,15,18)(H,16,17). The zero-order chi connectivity index (χ0) is 14.7. The maximum atomic E-state index is 10.7. The molecule has 2 unspecified atom stereocenters. The van der Waals surface area contributed by atoms with Gasteiger partial charge in [-0.2, -0.15) is 0 Å². The lowest BCUT2D eigenvalue weighted by Gasteiger charge is -2.18. The number of nitrogens with one attached hydrogen (secondary N) is 2. The Hall–Kier alpha value is -1.92. The maximum absolute atomic E-state index is 10.7. The number of rotatable bonds is 5. The second-order valence-corrected chi connectivity index (χ2v) is 4.88. The largest absolute Gasteiger partial charge is 0.390 e. The van der Waals surface area contributed by atoms with Crippen molar-refractivity contribution in [3.05, 3.63) is 29.6 Å². The number of carbonyl (C=O) groups is 1. The molecule has 6 heteroatoms. The molecular formula is C14H19N3O3. The Balaban J connectivity index is 2.05. The van der Waals surface area contributed by atoms with E-state index >= 15 is 0 Å². The van der Waals surface area contributed by atoms with Crippen molar-refractivity contribution in [1.29, 1.82) is 0 Å². The molecule has 0 fully saturated rings. The van der Waals surface area contributed by atoms with Gasteiger partial charge in [-0.25, -0.2) is 4.98 Å². The van der Waals surface area contributed by atoms with Crippen LogP contribution in [-0.2, 0) is 4.79 Å². The zero-order valence-corrected chi connectivity index (χ0v) is 11.6. The number of benzene rings is 1. The van der Waals surface area contributed by atoms with Crippen LogP contribution in [0.4, 0.5) is 0 Å². The van der Waals surface area contributed by atoms with Crippen LogP contribution in [0.1, 0.15) is 30.8 Å². The Morgan fingerprint density at radius 3 is 2.90 bits per heavy atom. The van der Waals surface area contributed by atoms with E-state index in [-0.39, 0.29) is 5.91 Å². The van der Waals surface area contributed by atoms with Gasteiger partial charge in [-0.3, -0.25) is 4.79 Å². The summed E-state index contributed by atoms with van der Waals surface area (Å²) in [7, 11) is 0. The van der Waals surface area contributed by atoms with E-state index in [0.717, 1.165) is 16.9 Å². The summed E-state index contributed by atoms with van der Waals surface area (Å²) < 4.78 is 0. The minimum absolute atomic E-state index is 0.152. The molecule has 0 radical (unpaired) electrons. The van der Waals surface area contributed by atoms with Crippen LogP contribution < -0.4 is 5.32 Å². The molecule has 20 heavy (non-hydrogen) atoms. The smallest absolute Gasteiger partial charge is 0.216 e. The van der Waals surface area contributed by atoms with E-state index in [1.807, 2.05) is 6.92 Å². The van der Waals surface area contributed by atoms with Crippen molar-refractivity contribution < 1.29 is 15.0 Å². The molecular weight excluding hydrogens is 258 g/mol. The molecule has 1 amide bonds. The highest BCUT2D eigenvalue weighted by Crippen LogP contribution is 2.22. The zero-order valence-electron chi connectivity index (χ0n) is 11.6. The van der Waals surface area contributed by atoms with Gasteiger partial charge in [0, 0.05) is 13.5 Å². The van der Waals surface area contributed by atoms with Crippen molar-refractivity contribution in [2.75, 3.05) is 6.54 Å². The number of imidazole rings is 1. The lowest BCUT2D eigenvalue weighted by atomic mass is 10.0. The first kappa shape index (κ1) is 14.5. The fraction of sp³-hybridized carbons (Fsp3) is 0.429. The maximum Gasteiger partial charge on any atom is 0.216 e. The number of hydrogen-bond donors (Lipinski definition) is 4. The van der Waals surface area contributed by atoms with Gasteiger partial charge in [0.2, 0.25) is 5.91 Å². The lowest BCUT2D eigenvalue weighted by Crippen LogP contribution is -2.27. The van der Waals surface area contributed by atoms with Crippen LogP contribution in [0.5, 0.6) is 0 Å². The Bertz CT molecular complexity index is 609. The SMILES string of the molecule is CC(=O)NCCC(O)C(O)c1ccc2nc(C)[nH]c2c1. The molecule has 4 N–H and O–H groups in total. The molecule has 0 aliphatic carbocycles. The van der Waals surface area contributed by atoms with Crippen molar-refractivity contribution in [3.63, 3.8) is 0 Å². The Kier molecular flexibility index (Phi) is 4.36. The molecule has 2 atom stereocenters. The highest BCUT2D eigenvalue weighted by atomic mass is 16.3. The van der Waals surface area contributed by atoms with E-state index in [2.05, 4.69) is 15.3 Å². The molecule has 2 aromatic rings. The van der Waals surface area contributed by atoms with Gasteiger partial charge in [0.1, 0.15) is 11.9 Å². The van der Waals surface area contributed by atoms with E-state index < -0.39 is 12.2 Å². The van der Waals surface area contributed by atoms with Gasteiger partial charge in [0.15, 0.2) is 0 Å². The van der Waals surface area contributed by atoms with Crippen LogP contribution in [0.25, 0.3) is 11.0 Å². The fourth-order valence-electron chi connectivity index (χ4n) is 2.11. The molecule has 0 bridgehead atoms.